The maximum Gasteiger partial charge on any atom is 0.140 e. The smallest absolute Gasteiger partial charge is 0.140 e. The van der Waals surface area contributed by atoms with Gasteiger partial charge in [0, 0.05) is 11.3 Å². The lowest BCUT2D eigenvalue weighted by Gasteiger charge is -2.16. The molecule has 4 heteroatoms. The van der Waals surface area contributed by atoms with E-state index < -0.39 is 0 Å². The van der Waals surface area contributed by atoms with Crippen LogP contribution in [0.1, 0.15) is 29.9 Å². The first kappa shape index (κ1) is 10.2. The monoisotopic (exact) mass is 228 g/mol. The van der Waals surface area contributed by atoms with Crippen LogP contribution in [0, 0.1) is 0 Å². The Labute approximate surface area is 93.5 Å². The average Bonchev–Trinajstić information content (AvgIpc) is 2.18. The molecule has 0 N–H and O–H groups in total. The number of aryl methyl sites for hydroxylation is 1. The number of halogens is 1. The van der Waals surface area contributed by atoms with E-state index in [1.54, 1.807) is 11.8 Å². The highest BCUT2D eigenvalue weighted by Crippen LogP contribution is 2.25. The van der Waals surface area contributed by atoms with Crippen molar-refractivity contribution in [2.75, 3.05) is 6.26 Å². The quantitative estimate of drug-likeness (QED) is 0.728. The molecule has 76 valence electrons. The third-order valence-electron chi connectivity index (χ3n) is 2.45. The Morgan fingerprint density at radius 2 is 2.07 bits per heavy atom. The molecular formula is C10H13ClN2S. The predicted molar refractivity (Wildman–Crippen MR) is 60.9 cm³/mol. The summed E-state index contributed by atoms with van der Waals surface area (Å²) < 4.78 is 0. The number of nitrogens with zero attached hydrogens (tertiary/aromatic N) is 2. The standard InChI is InChI=1S/C10H13ClN2S/c1-14-6-9-12-8-5-3-2-4-7(8)10(11)13-9/h2-6H2,1H3. The van der Waals surface area contributed by atoms with Gasteiger partial charge >= 0.3 is 0 Å². The lowest BCUT2D eigenvalue weighted by atomic mass is 9.97. The minimum atomic E-state index is 0.679. The molecule has 0 radical (unpaired) electrons. The second-order valence-corrected chi connectivity index (χ2v) is 4.72. The Hall–Kier alpha value is -0.280. The molecule has 0 aliphatic heterocycles. The number of hydrogen-bond acceptors (Lipinski definition) is 3. The molecule has 1 heterocycles. The minimum Gasteiger partial charge on any atom is -0.237 e. The van der Waals surface area contributed by atoms with E-state index in [1.807, 2.05) is 0 Å². The summed E-state index contributed by atoms with van der Waals surface area (Å²) in [5.41, 5.74) is 2.36. The van der Waals surface area contributed by atoms with Crippen LogP contribution in [0.4, 0.5) is 0 Å². The zero-order chi connectivity index (χ0) is 9.97. The Bertz CT molecular complexity index is 341. The Balaban J connectivity index is 2.36. The highest BCUT2D eigenvalue weighted by Gasteiger charge is 2.16. The van der Waals surface area contributed by atoms with Crippen molar-refractivity contribution in [1.82, 2.24) is 9.97 Å². The summed E-state index contributed by atoms with van der Waals surface area (Å²) >= 11 is 7.85. The van der Waals surface area contributed by atoms with E-state index in [9.17, 15) is 0 Å². The number of hydrogen-bond donors (Lipinski definition) is 0. The molecule has 1 aliphatic rings. The van der Waals surface area contributed by atoms with Gasteiger partial charge in [-0.2, -0.15) is 11.8 Å². The second kappa shape index (κ2) is 4.49. The molecule has 1 aromatic heterocycles. The fraction of sp³-hybridized carbons (Fsp3) is 0.600. The molecule has 0 spiro atoms. The van der Waals surface area contributed by atoms with E-state index in [-0.39, 0.29) is 0 Å². The molecule has 0 bridgehead atoms. The Morgan fingerprint density at radius 3 is 2.86 bits per heavy atom. The van der Waals surface area contributed by atoms with Crippen LogP contribution in [-0.4, -0.2) is 16.2 Å². The molecule has 1 aliphatic carbocycles. The SMILES string of the molecule is CSCc1nc(Cl)c2c(n1)CCCC2. The summed E-state index contributed by atoms with van der Waals surface area (Å²) in [6, 6.07) is 0. The highest BCUT2D eigenvalue weighted by atomic mass is 35.5. The van der Waals surface area contributed by atoms with Crippen molar-refractivity contribution in [2.24, 2.45) is 0 Å². The molecule has 0 atom stereocenters. The Morgan fingerprint density at radius 1 is 1.29 bits per heavy atom. The molecule has 0 unspecified atom stereocenters. The number of aromatic nitrogens is 2. The lowest BCUT2D eigenvalue weighted by Crippen LogP contribution is -2.09. The van der Waals surface area contributed by atoms with E-state index in [4.69, 9.17) is 11.6 Å². The van der Waals surface area contributed by atoms with Crippen molar-refractivity contribution in [3.05, 3.63) is 22.2 Å². The second-order valence-electron chi connectivity index (χ2n) is 3.50. The summed E-state index contributed by atoms with van der Waals surface area (Å²) in [5, 5.41) is 0.679. The van der Waals surface area contributed by atoms with Crippen LogP contribution in [-0.2, 0) is 18.6 Å². The van der Waals surface area contributed by atoms with Crippen molar-refractivity contribution in [2.45, 2.75) is 31.4 Å². The van der Waals surface area contributed by atoms with Gasteiger partial charge < -0.3 is 0 Å². The van der Waals surface area contributed by atoms with Gasteiger partial charge in [-0.3, -0.25) is 0 Å². The zero-order valence-electron chi connectivity index (χ0n) is 8.22. The Kier molecular flexibility index (Phi) is 3.29. The minimum absolute atomic E-state index is 0.679. The molecule has 14 heavy (non-hydrogen) atoms. The van der Waals surface area contributed by atoms with Gasteiger partial charge in [0.2, 0.25) is 0 Å². The van der Waals surface area contributed by atoms with Crippen LogP contribution in [0.3, 0.4) is 0 Å². The number of fused-ring (bicyclic) bond motifs is 1. The normalized spacial score (nSPS) is 15.3. The summed E-state index contributed by atoms with van der Waals surface area (Å²) in [7, 11) is 0. The molecule has 0 fully saturated rings. The average molecular weight is 229 g/mol. The van der Waals surface area contributed by atoms with Gasteiger partial charge in [-0.05, 0) is 31.9 Å². The van der Waals surface area contributed by atoms with E-state index in [0.29, 0.717) is 5.15 Å². The molecule has 1 aromatic rings. The zero-order valence-corrected chi connectivity index (χ0v) is 9.79. The topological polar surface area (TPSA) is 25.8 Å². The van der Waals surface area contributed by atoms with E-state index >= 15 is 0 Å². The van der Waals surface area contributed by atoms with Crippen LogP contribution < -0.4 is 0 Å². The van der Waals surface area contributed by atoms with Crippen LogP contribution >= 0.6 is 23.4 Å². The van der Waals surface area contributed by atoms with Crippen molar-refractivity contribution in [3.63, 3.8) is 0 Å². The lowest BCUT2D eigenvalue weighted by molar-refractivity contribution is 0.657. The van der Waals surface area contributed by atoms with Gasteiger partial charge in [-0.15, -0.1) is 0 Å². The molecular weight excluding hydrogens is 216 g/mol. The predicted octanol–water partition coefficient (Wildman–Crippen LogP) is 2.87. The van der Waals surface area contributed by atoms with Crippen LogP contribution in [0.5, 0.6) is 0 Å². The summed E-state index contributed by atoms with van der Waals surface area (Å²) in [6.07, 6.45) is 6.63. The summed E-state index contributed by atoms with van der Waals surface area (Å²) in [4.78, 5) is 8.86. The van der Waals surface area contributed by atoms with Crippen LogP contribution in [0.25, 0.3) is 0 Å². The van der Waals surface area contributed by atoms with Crippen molar-refractivity contribution >= 4 is 23.4 Å². The highest BCUT2D eigenvalue weighted by molar-refractivity contribution is 7.97. The van der Waals surface area contributed by atoms with Gasteiger partial charge in [-0.25, -0.2) is 9.97 Å². The fourth-order valence-electron chi connectivity index (χ4n) is 1.79. The summed E-state index contributed by atoms with van der Waals surface area (Å²) in [5.74, 6) is 1.73. The number of thioether (sulfide) groups is 1. The van der Waals surface area contributed by atoms with Crippen LogP contribution in [0.2, 0.25) is 5.15 Å². The van der Waals surface area contributed by atoms with E-state index in [1.165, 1.54) is 24.1 Å². The van der Waals surface area contributed by atoms with E-state index in [2.05, 4.69) is 16.2 Å². The third-order valence-corrected chi connectivity index (χ3v) is 3.31. The molecule has 0 saturated heterocycles. The summed E-state index contributed by atoms with van der Waals surface area (Å²) in [6.45, 7) is 0. The first-order valence-electron chi connectivity index (χ1n) is 4.84. The van der Waals surface area contributed by atoms with E-state index in [0.717, 1.165) is 24.4 Å². The van der Waals surface area contributed by atoms with Gasteiger partial charge in [-0.1, -0.05) is 11.6 Å². The molecule has 0 amide bonds. The molecule has 2 nitrogen and oxygen atoms in total. The maximum absolute atomic E-state index is 6.12. The molecule has 0 aromatic carbocycles. The fourth-order valence-corrected chi connectivity index (χ4v) is 2.48. The van der Waals surface area contributed by atoms with Crippen molar-refractivity contribution in [1.29, 1.82) is 0 Å². The van der Waals surface area contributed by atoms with Crippen LogP contribution in [0.15, 0.2) is 0 Å². The first-order chi connectivity index (χ1) is 6.81. The number of rotatable bonds is 2. The van der Waals surface area contributed by atoms with Gasteiger partial charge in [0.15, 0.2) is 0 Å². The van der Waals surface area contributed by atoms with Gasteiger partial charge in [0.1, 0.15) is 11.0 Å². The maximum atomic E-state index is 6.12. The van der Waals surface area contributed by atoms with Gasteiger partial charge in [0.25, 0.3) is 0 Å². The third kappa shape index (κ3) is 2.04. The van der Waals surface area contributed by atoms with Crippen molar-refractivity contribution < 1.29 is 0 Å². The first-order valence-corrected chi connectivity index (χ1v) is 6.61. The molecule has 2 rings (SSSR count). The van der Waals surface area contributed by atoms with Crippen molar-refractivity contribution in [3.8, 4) is 0 Å². The largest absolute Gasteiger partial charge is 0.237 e. The van der Waals surface area contributed by atoms with Gasteiger partial charge in [0.05, 0.1) is 5.75 Å². The molecule has 0 saturated carbocycles.